The Labute approximate surface area is 117 Å². The van der Waals surface area contributed by atoms with Gasteiger partial charge < -0.3 is 10.5 Å². The molecule has 1 aliphatic carbocycles. The second kappa shape index (κ2) is 6.42. The van der Waals surface area contributed by atoms with Crippen LogP contribution in [-0.2, 0) is 0 Å². The van der Waals surface area contributed by atoms with Crippen molar-refractivity contribution in [1.82, 2.24) is 0 Å². The van der Waals surface area contributed by atoms with Crippen molar-refractivity contribution in [2.75, 3.05) is 0 Å². The van der Waals surface area contributed by atoms with E-state index in [1.54, 1.807) is 0 Å². The second-order valence-corrected chi connectivity index (χ2v) is 5.94. The highest BCUT2D eigenvalue weighted by Crippen LogP contribution is 2.33. The highest BCUT2D eigenvalue weighted by atomic mass is 16.5. The van der Waals surface area contributed by atoms with Crippen LogP contribution in [0.5, 0.6) is 5.75 Å². The van der Waals surface area contributed by atoms with Gasteiger partial charge in [-0.2, -0.15) is 0 Å². The van der Waals surface area contributed by atoms with Crippen molar-refractivity contribution < 1.29 is 4.74 Å². The second-order valence-electron chi connectivity index (χ2n) is 5.94. The molecule has 0 saturated heterocycles. The average Bonchev–Trinajstić information content (AvgIpc) is 2.41. The highest BCUT2D eigenvalue weighted by molar-refractivity contribution is 5.39. The van der Waals surface area contributed by atoms with Crippen LogP contribution < -0.4 is 10.5 Å². The summed E-state index contributed by atoms with van der Waals surface area (Å²) in [5.74, 6) is 1.70. The predicted octanol–water partition coefficient (Wildman–Crippen LogP) is 4.36. The van der Waals surface area contributed by atoms with Crippen LogP contribution in [0.1, 0.15) is 63.1 Å². The van der Waals surface area contributed by atoms with Gasteiger partial charge in [0.05, 0.1) is 0 Å². The molecule has 0 radical (unpaired) electrons. The first kappa shape index (κ1) is 14.4. The van der Waals surface area contributed by atoms with Crippen LogP contribution in [0.15, 0.2) is 18.2 Å². The van der Waals surface area contributed by atoms with E-state index in [9.17, 15) is 0 Å². The van der Waals surface area contributed by atoms with Crippen molar-refractivity contribution in [1.29, 1.82) is 0 Å². The summed E-state index contributed by atoms with van der Waals surface area (Å²) >= 11 is 0. The Hall–Kier alpha value is -1.02. The monoisotopic (exact) mass is 261 g/mol. The molecule has 0 aliphatic heterocycles. The van der Waals surface area contributed by atoms with Crippen LogP contribution in [0.25, 0.3) is 0 Å². The van der Waals surface area contributed by atoms with Gasteiger partial charge in [0.25, 0.3) is 0 Å². The minimum absolute atomic E-state index is 0.0265. The summed E-state index contributed by atoms with van der Waals surface area (Å²) in [5.41, 5.74) is 8.46. The van der Waals surface area contributed by atoms with E-state index in [0.29, 0.717) is 12.0 Å². The summed E-state index contributed by atoms with van der Waals surface area (Å²) in [6.45, 7) is 6.40. The Kier molecular flexibility index (Phi) is 4.87. The molecular formula is C17H27NO. The Morgan fingerprint density at radius 2 is 2.05 bits per heavy atom. The fraction of sp³-hybridized carbons (Fsp3) is 0.647. The molecule has 2 heteroatoms. The smallest absolute Gasteiger partial charge is 0.124 e. The molecule has 0 heterocycles. The molecule has 1 aliphatic rings. The summed E-state index contributed by atoms with van der Waals surface area (Å²) in [6, 6.07) is 6.39. The number of hydrogen-bond donors (Lipinski definition) is 1. The van der Waals surface area contributed by atoms with Crippen molar-refractivity contribution >= 4 is 0 Å². The van der Waals surface area contributed by atoms with E-state index >= 15 is 0 Å². The largest absolute Gasteiger partial charge is 0.490 e. The molecule has 3 atom stereocenters. The zero-order chi connectivity index (χ0) is 13.8. The molecule has 0 amide bonds. The van der Waals surface area contributed by atoms with Gasteiger partial charge in [-0.1, -0.05) is 31.0 Å². The Morgan fingerprint density at radius 1 is 1.32 bits per heavy atom. The topological polar surface area (TPSA) is 35.2 Å². The standard InChI is InChI=1S/C17H27NO/c1-4-14-7-5-6-8-16(14)19-17-10-9-12(2)11-15(17)13(3)18/h9-11,13-14,16H,4-8,18H2,1-3H3/t13-,14?,16?/m0/s1. The highest BCUT2D eigenvalue weighted by Gasteiger charge is 2.26. The summed E-state index contributed by atoms with van der Waals surface area (Å²) < 4.78 is 6.33. The van der Waals surface area contributed by atoms with Crippen LogP contribution >= 0.6 is 0 Å². The first-order chi connectivity index (χ1) is 9.11. The van der Waals surface area contributed by atoms with E-state index in [1.165, 1.54) is 37.7 Å². The average molecular weight is 261 g/mol. The van der Waals surface area contributed by atoms with Crippen molar-refractivity contribution in [2.45, 2.75) is 65.0 Å². The maximum atomic E-state index is 6.33. The quantitative estimate of drug-likeness (QED) is 0.874. The molecule has 2 rings (SSSR count). The lowest BCUT2D eigenvalue weighted by Crippen LogP contribution is -2.30. The van der Waals surface area contributed by atoms with Crippen molar-refractivity contribution in [2.24, 2.45) is 11.7 Å². The van der Waals surface area contributed by atoms with Crippen LogP contribution in [0.2, 0.25) is 0 Å². The van der Waals surface area contributed by atoms with Gasteiger partial charge in [-0.05, 0) is 51.5 Å². The van der Waals surface area contributed by atoms with Crippen LogP contribution in [0, 0.1) is 12.8 Å². The molecule has 1 fully saturated rings. The Balaban J connectivity index is 2.17. The number of nitrogens with two attached hydrogens (primary N) is 1. The van der Waals surface area contributed by atoms with Crippen molar-refractivity contribution in [3.05, 3.63) is 29.3 Å². The molecule has 1 saturated carbocycles. The summed E-state index contributed by atoms with van der Waals surface area (Å²) in [6.07, 6.45) is 6.72. The van der Waals surface area contributed by atoms with Gasteiger partial charge in [0.1, 0.15) is 11.9 Å². The molecule has 1 aromatic carbocycles. The van der Waals surface area contributed by atoms with Crippen LogP contribution in [0.3, 0.4) is 0 Å². The van der Waals surface area contributed by atoms with Gasteiger partial charge in [0.15, 0.2) is 0 Å². The lowest BCUT2D eigenvalue weighted by Gasteiger charge is -2.32. The number of rotatable bonds is 4. The number of benzene rings is 1. The van der Waals surface area contributed by atoms with E-state index in [4.69, 9.17) is 10.5 Å². The molecule has 0 spiro atoms. The van der Waals surface area contributed by atoms with Crippen LogP contribution in [0.4, 0.5) is 0 Å². The normalized spacial score (nSPS) is 25.1. The van der Waals surface area contributed by atoms with Gasteiger partial charge in [-0.25, -0.2) is 0 Å². The minimum atomic E-state index is 0.0265. The summed E-state index contributed by atoms with van der Waals surface area (Å²) in [5, 5.41) is 0. The third-order valence-corrected chi connectivity index (χ3v) is 4.30. The predicted molar refractivity (Wildman–Crippen MR) is 80.4 cm³/mol. The van der Waals surface area contributed by atoms with E-state index in [1.807, 2.05) is 6.92 Å². The first-order valence-electron chi connectivity index (χ1n) is 7.64. The summed E-state index contributed by atoms with van der Waals surface area (Å²) in [7, 11) is 0. The lowest BCUT2D eigenvalue weighted by molar-refractivity contribution is 0.0891. The lowest BCUT2D eigenvalue weighted by atomic mass is 9.84. The number of hydrogen-bond acceptors (Lipinski definition) is 2. The van der Waals surface area contributed by atoms with E-state index in [2.05, 4.69) is 32.0 Å². The SMILES string of the molecule is CCC1CCCCC1Oc1ccc(C)cc1[C@H](C)N. The molecule has 2 unspecified atom stereocenters. The number of ether oxygens (including phenoxy) is 1. The van der Waals surface area contributed by atoms with Crippen LogP contribution in [-0.4, -0.2) is 6.10 Å². The zero-order valence-electron chi connectivity index (χ0n) is 12.5. The fourth-order valence-corrected chi connectivity index (χ4v) is 3.09. The molecule has 19 heavy (non-hydrogen) atoms. The van der Waals surface area contributed by atoms with Crippen molar-refractivity contribution in [3.63, 3.8) is 0 Å². The Bertz CT molecular complexity index is 414. The maximum absolute atomic E-state index is 6.33. The minimum Gasteiger partial charge on any atom is -0.490 e. The van der Waals surface area contributed by atoms with Gasteiger partial charge in [-0.3, -0.25) is 0 Å². The molecular weight excluding hydrogens is 234 g/mol. The Morgan fingerprint density at radius 3 is 2.74 bits per heavy atom. The molecule has 0 aromatic heterocycles. The van der Waals surface area contributed by atoms with Crippen molar-refractivity contribution in [3.8, 4) is 5.75 Å². The molecule has 2 N–H and O–H groups in total. The molecule has 106 valence electrons. The van der Waals surface area contributed by atoms with E-state index < -0.39 is 0 Å². The van der Waals surface area contributed by atoms with Gasteiger partial charge >= 0.3 is 0 Å². The van der Waals surface area contributed by atoms with Gasteiger partial charge in [0.2, 0.25) is 0 Å². The zero-order valence-corrected chi connectivity index (χ0v) is 12.5. The van der Waals surface area contributed by atoms with E-state index in [0.717, 1.165) is 11.3 Å². The van der Waals surface area contributed by atoms with Gasteiger partial charge in [0, 0.05) is 11.6 Å². The maximum Gasteiger partial charge on any atom is 0.124 e. The number of aryl methyl sites for hydroxylation is 1. The third kappa shape index (κ3) is 3.50. The molecule has 0 bridgehead atoms. The third-order valence-electron chi connectivity index (χ3n) is 4.30. The van der Waals surface area contributed by atoms with E-state index in [-0.39, 0.29) is 6.04 Å². The first-order valence-corrected chi connectivity index (χ1v) is 7.64. The van der Waals surface area contributed by atoms with Gasteiger partial charge in [-0.15, -0.1) is 0 Å². The fourth-order valence-electron chi connectivity index (χ4n) is 3.09. The molecule has 2 nitrogen and oxygen atoms in total. The summed E-state index contributed by atoms with van der Waals surface area (Å²) in [4.78, 5) is 0. The molecule has 1 aromatic rings.